The Bertz CT molecular complexity index is 1750. The number of carboxylic acid groups (broad SMARTS) is 1. The monoisotopic (exact) mass is 640 g/mol. The summed E-state index contributed by atoms with van der Waals surface area (Å²) in [7, 11) is 0. The van der Waals surface area contributed by atoms with Crippen molar-refractivity contribution in [1.29, 1.82) is 0 Å². The number of amides is 1. The van der Waals surface area contributed by atoms with E-state index in [9.17, 15) is 9.59 Å². The molecule has 1 fully saturated rings. The van der Waals surface area contributed by atoms with Gasteiger partial charge in [-0.15, -0.1) is 0 Å². The average Bonchev–Trinajstić information content (AvgIpc) is 3.34. The maximum Gasteiger partial charge on any atom is 0.335 e. The van der Waals surface area contributed by atoms with Crippen LogP contribution < -0.4 is 14.4 Å². The van der Waals surface area contributed by atoms with Crippen molar-refractivity contribution in [2.24, 2.45) is 4.99 Å². The molecule has 0 radical (unpaired) electrons. The lowest BCUT2D eigenvalue weighted by molar-refractivity contribution is -0.113. The number of aromatic carboxylic acids is 1. The predicted molar refractivity (Wildman–Crippen MR) is 182 cm³/mol. The van der Waals surface area contributed by atoms with Crippen molar-refractivity contribution in [2.45, 2.75) is 40.2 Å². The van der Waals surface area contributed by atoms with E-state index in [1.807, 2.05) is 55.5 Å². The molecule has 1 saturated heterocycles. The van der Waals surface area contributed by atoms with Gasteiger partial charge in [0.05, 0.1) is 33.5 Å². The summed E-state index contributed by atoms with van der Waals surface area (Å²) in [4.78, 5) is 32.0. The molecule has 0 atom stereocenters. The molecule has 0 unspecified atom stereocenters. The molecular formula is C36H33ClN2O5S. The number of amidine groups is 1. The highest BCUT2D eigenvalue weighted by molar-refractivity contribution is 8.19. The van der Waals surface area contributed by atoms with E-state index < -0.39 is 5.97 Å². The summed E-state index contributed by atoms with van der Waals surface area (Å²) in [5, 5.41) is 10.0. The molecule has 4 aromatic rings. The fraction of sp³-hybridized carbons (Fsp3) is 0.194. The molecule has 1 heterocycles. The van der Waals surface area contributed by atoms with E-state index in [2.05, 4.69) is 13.8 Å². The molecular weight excluding hydrogens is 608 g/mol. The number of thioether (sulfide) groups is 1. The van der Waals surface area contributed by atoms with Crippen LogP contribution in [-0.2, 0) is 24.2 Å². The summed E-state index contributed by atoms with van der Waals surface area (Å²) < 4.78 is 11.9. The number of benzene rings is 4. The lowest BCUT2D eigenvalue weighted by atomic mass is 10.1. The Labute approximate surface area is 272 Å². The van der Waals surface area contributed by atoms with Gasteiger partial charge in [-0.1, -0.05) is 61.8 Å². The average molecular weight is 641 g/mol. The molecule has 1 amide bonds. The third-order valence-electron chi connectivity index (χ3n) is 7.19. The van der Waals surface area contributed by atoms with Crippen molar-refractivity contribution in [2.75, 3.05) is 11.5 Å². The van der Waals surface area contributed by atoms with E-state index in [0.717, 1.165) is 29.8 Å². The standard InChI is InChI=1S/C36H33ClN2O5S/c1-4-23-9-15-28(16-10-23)38-36-39(29-17-11-24(5-2)12-18-29)34(40)32(45-36)21-26-19-30(37)33(31(20-26)43-6-3)44-22-25-7-13-27(14-8-25)35(41)42/h7-21H,4-6,22H2,1-3H3,(H,41,42)/b32-21-,38-36?. The van der Waals surface area contributed by atoms with Crippen LogP contribution in [0.5, 0.6) is 11.5 Å². The molecule has 4 aromatic carbocycles. The minimum absolute atomic E-state index is 0.166. The molecule has 1 N–H and O–H groups in total. The molecule has 0 aliphatic carbocycles. The van der Waals surface area contributed by atoms with Gasteiger partial charge in [0.15, 0.2) is 16.7 Å². The van der Waals surface area contributed by atoms with Crippen molar-refractivity contribution in [3.63, 3.8) is 0 Å². The number of carboxylic acids is 1. The Morgan fingerprint density at radius 2 is 1.51 bits per heavy atom. The third-order valence-corrected chi connectivity index (χ3v) is 8.44. The fourth-order valence-electron chi connectivity index (χ4n) is 4.70. The smallest absolute Gasteiger partial charge is 0.335 e. The Balaban J connectivity index is 1.46. The molecule has 230 valence electrons. The summed E-state index contributed by atoms with van der Waals surface area (Å²) in [5.41, 5.74) is 5.55. The minimum Gasteiger partial charge on any atom is -0.490 e. The van der Waals surface area contributed by atoms with Crippen LogP contribution in [-0.4, -0.2) is 28.8 Å². The van der Waals surface area contributed by atoms with E-state index in [1.54, 1.807) is 35.2 Å². The van der Waals surface area contributed by atoms with Crippen LogP contribution in [0.4, 0.5) is 11.4 Å². The van der Waals surface area contributed by atoms with Gasteiger partial charge in [0, 0.05) is 0 Å². The topological polar surface area (TPSA) is 88.4 Å². The number of carbonyl (C=O) groups excluding carboxylic acids is 1. The van der Waals surface area contributed by atoms with Crippen LogP contribution in [0.15, 0.2) is 94.8 Å². The highest BCUT2D eigenvalue weighted by Crippen LogP contribution is 2.41. The zero-order valence-electron chi connectivity index (χ0n) is 25.2. The molecule has 0 bridgehead atoms. The maximum absolute atomic E-state index is 13.9. The van der Waals surface area contributed by atoms with Gasteiger partial charge in [0.25, 0.3) is 5.91 Å². The van der Waals surface area contributed by atoms with Gasteiger partial charge in [-0.3, -0.25) is 9.69 Å². The molecule has 7 nitrogen and oxygen atoms in total. The number of aryl methyl sites for hydroxylation is 2. The number of rotatable bonds is 11. The van der Waals surface area contributed by atoms with Crippen molar-refractivity contribution >= 4 is 57.9 Å². The van der Waals surface area contributed by atoms with Crippen LogP contribution in [0, 0.1) is 0 Å². The maximum atomic E-state index is 13.9. The molecule has 5 rings (SSSR count). The van der Waals surface area contributed by atoms with Crippen molar-refractivity contribution < 1.29 is 24.2 Å². The Kier molecular flexibility index (Phi) is 10.3. The van der Waals surface area contributed by atoms with Crippen molar-refractivity contribution in [3.8, 4) is 11.5 Å². The number of halogens is 1. The Morgan fingerprint density at radius 3 is 2.11 bits per heavy atom. The van der Waals surface area contributed by atoms with Gasteiger partial charge in [0.2, 0.25) is 0 Å². The van der Waals surface area contributed by atoms with Gasteiger partial charge in [0.1, 0.15) is 6.61 Å². The van der Waals surface area contributed by atoms with Crippen LogP contribution in [0.1, 0.15) is 53.4 Å². The highest BCUT2D eigenvalue weighted by atomic mass is 35.5. The number of hydrogen-bond donors (Lipinski definition) is 1. The van der Waals surface area contributed by atoms with E-state index in [-0.39, 0.29) is 18.1 Å². The molecule has 1 aliphatic heterocycles. The first-order valence-corrected chi connectivity index (χ1v) is 15.9. The van der Waals surface area contributed by atoms with Crippen LogP contribution in [0.3, 0.4) is 0 Å². The molecule has 0 spiro atoms. The quantitative estimate of drug-likeness (QED) is 0.165. The minimum atomic E-state index is -0.991. The zero-order valence-corrected chi connectivity index (χ0v) is 26.8. The summed E-state index contributed by atoms with van der Waals surface area (Å²) in [6.07, 6.45) is 3.62. The van der Waals surface area contributed by atoms with Crippen molar-refractivity contribution in [3.05, 3.63) is 123 Å². The number of carbonyl (C=O) groups is 2. The molecule has 1 aliphatic rings. The van der Waals surface area contributed by atoms with Gasteiger partial charge < -0.3 is 14.6 Å². The van der Waals surface area contributed by atoms with E-state index >= 15 is 0 Å². The summed E-state index contributed by atoms with van der Waals surface area (Å²) in [6, 6.07) is 25.9. The Morgan fingerprint density at radius 1 is 0.889 bits per heavy atom. The SMILES string of the molecule is CCOc1cc(/C=C2\SC(=Nc3ccc(CC)cc3)N(c3ccc(CC)cc3)C2=O)cc(Cl)c1OCc1ccc(C(=O)O)cc1. The first-order valence-electron chi connectivity index (χ1n) is 14.7. The fourth-order valence-corrected chi connectivity index (χ4v) is 5.97. The van der Waals surface area contributed by atoms with E-state index in [4.69, 9.17) is 31.2 Å². The summed E-state index contributed by atoms with van der Waals surface area (Å²) in [5.74, 6) is -0.378. The largest absolute Gasteiger partial charge is 0.490 e. The van der Waals surface area contributed by atoms with Gasteiger partial charge in [-0.05, 0) is 108 Å². The zero-order chi connectivity index (χ0) is 31.9. The first-order chi connectivity index (χ1) is 21.8. The second-order valence-corrected chi connectivity index (χ2v) is 11.7. The van der Waals surface area contributed by atoms with E-state index in [1.165, 1.54) is 35.0 Å². The second kappa shape index (κ2) is 14.5. The first kappa shape index (κ1) is 31.9. The van der Waals surface area contributed by atoms with Gasteiger partial charge in [-0.2, -0.15) is 0 Å². The number of nitrogens with zero attached hydrogens (tertiary/aromatic N) is 2. The summed E-state index contributed by atoms with van der Waals surface area (Å²) in [6.45, 7) is 6.61. The molecule has 45 heavy (non-hydrogen) atoms. The highest BCUT2D eigenvalue weighted by Gasteiger charge is 2.35. The lowest BCUT2D eigenvalue weighted by Crippen LogP contribution is -2.28. The number of anilines is 1. The normalized spacial score (nSPS) is 14.8. The van der Waals surface area contributed by atoms with Crippen LogP contribution >= 0.6 is 23.4 Å². The predicted octanol–water partition coefficient (Wildman–Crippen LogP) is 8.95. The van der Waals surface area contributed by atoms with Crippen LogP contribution in [0.2, 0.25) is 5.02 Å². The van der Waals surface area contributed by atoms with Crippen LogP contribution in [0.25, 0.3) is 6.08 Å². The third kappa shape index (κ3) is 7.59. The Hall–Kier alpha value is -4.53. The van der Waals surface area contributed by atoms with Gasteiger partial charge >= 0.3 is 5.97 Å². The molecule has 9 heteroatoms. The molecule has 0 aromatic heterocycles. The number of ether oxygens (including phenoxy) is 2. The second-order valence-electron chi connectivity index (χ2n) is 10.2. The number of aliphatic imine (C=N–C) groups is 1. The lowest BCUT2D eigenvalue weighted by Gasteiger charge is -2.16. The molecule has 0 saturated carbocycles. The van der Waals surface area contributed by atoms with Crippen molar-refractivity contribution in [1.82, 2.24) is 0 Å². The van der Waals surface area contributed by atoms with Gasteiger partial charge in [-0.25, -0.2) is 9.79 Å². The summed E-state index contributed by atoms with van der Waals surface area (Å²) >= 11 is 8.00. The number of hydrogen-bond acceptors (Lipinski definition) is 6. The van der Waals surface area contributed by atoms with E-state index in [0.29, 0.717) is 38.8 Å².